The third-order valence-corrected chi connectivity index (χ3v) is 3.70. The Morgan fingerprint density at radius 1 is 1.22 bits per heavy atom. The molecule has 1 fully saturated rings. The van der Waals surface area contributed by atoms with E-state index in [1.165, 1.54) is 0 Å². The minimum Gasteiger partial charge on any atom is -0.481 e. The molecule has 6 nitrogen and oxygen atoms in total. The topological polar surface area (TPSA) is 104 Å². The van der Waals surface area contributed by atoms with Crippen LogP contribution in [0.15, 0.2) is 0 Å². The minimum absolute atomic E-state index is 0.323. The predicted molar refractivity (Wildman–Crippen MR) is 63.0 cm³/mol. The monoisotopic (exact) mass is 257 g/mol. The van der Waals surface area contributed by atoms with Crippen LogP contribution in [0.4, 0.5) is 0 Å². The maximum absolute atomic E-state index is 12.1. The lowest BCUT2D eigenvalue weighted by Crippen LogP contribution is -2.48. The molecule has 0 aromatic carbocycles. The number of hydrogen-bond acceptors (Lipinski definition) is 3. The summed E-state index contributed by atoms with van der Waals surface area (Å²) in [5.41, 5.74) is -0.508. The van der Waals surface area contributed by atoms with Gasteiger partial charge in [0.2, 0.25) is 5.91 Å². The van der Waals surface area contributed by atoms with E-state index in [9.17, 15) is 14.4 Å². The molecule has 0 heterocycles. The smallest absolute Gasteiger partial charge is 0.326 e. The standard InChI is InChI=1S/C12H19NO5/c1-2-12(5-3-4-6-12)11(18)13-8(10(16)17)7-9(14)15/h8H,2-7H2,1H3,(H,13,18)(H,14,15)(H,16,17). The van der Waals surface area contributed by atoms with Crippen LogP contribution >= 0.6 is 0 Å². The number of carbonyl (C=O) groups excluding carboxylic acids is 1. The molecule has 0 radical (unpaired) electrons. The van der Waals surface area contributed by atoms with E-state index < -0.39 is 29.8 Å². The molecule has 1 unspecified atom stereocenters. The number of carboxylic acid groups (broad SMARTS) is 2. The second-order valence-electron chi connectivity index (χ2n) is 4.80. The minimum atomic E-state index is -1.35. The second kappa shape index (κ2) is 5.84. The van der Waals surface area contributed by atoms with Crippen LogP contribution in [0, 0.1) is 5.41 Å². The van der Waals surface area contributed by atoms with Crippen molar-refractivity contribution >= 4 is 17.8 Å². The van der Waals surface area contributed by atoms with Crippen LogP contribution in [-0.2, 0) is 14.4 Å². The van der Waals surface area contributed by atoms with Crippen LogP contribution in [0.25, 0.3) is 0 Å². The fourth-order valence-corrected chi connectivity index (χ4v) is 2.48. The normalized spacial score (nSPS) is 19.2. The summed E-state index contributed by atoms with van der Waals surface area (Å²) in [5, 5.41) is 19.9. The van der Waals surface area contributed by atoms with E-state index in [-0.39, 0.29) is 5.91 Å². The van der Waals surface area contributed by atoms with Crippen molar-refractivity contribution in [1.82, 2.24) is 5.32 Å². The van der Waals surface area contributed by atoms with E-state index >= 15 is 0 Å². The van der Waals surface area contributed by atoms with Gasteiger partial charge < -0.3 is 15.5 Å². The van der Waals surface area contributed by atoms with Gasteiger partial charge in [-0.1, -0.05) is 19.8 Å². The second-order valence-corrected chi connectivity index (χ2v) is 4.80. The Morgan fingerprint density at radius 2 is 1.78 bits per heavy atom. The molecule has 0 aromatic heterocycles. The molecule has 6 heteroatoms. The first-order valence-electron chi connectivity index (χ1n) is 6.17. The summed E-state index contributed by atoms with van der Waals surface area (Å²) in [7, 11) is 0. The molecule has 1 aliphatic rings. The van der Waals surface area contributed by atoms with Gasteiger partial charge in [0.05, 0.1) is 6.42 Å². The van der Waals surface area contributed by atoms with Gasteiger partial charge in [0.1, 0.15) is 6.04 Å². The molecule has 1 rings (SSSR count). The maximum atomic E-state index is 12.1. The Labute approximate surface area is 105 Å². The number of hydrogen-bond donors (Lipinski definition) is 3. The van der Waals surface area contributed by atoms with E-state index in [1.807, 2.05) is 6.92 Å². The SMILES string of the molecule is CCC1(C(=O)NC(CC(=O)O)C(=O)O)CCCC1. The fourth-order valence-electron chi connectivity index (χ4n) is 2.48. The van der Waals surface area contributed by atoms with E-state index in [2.05, 4.69) is 5.32 Å². The van der Waals surface area contributed by atoms with Gasteiger partial charge in [0.25, 0.3) is 0 Å². The molecule has 1 amide bonds. The molecule has 18 heavy (non-hydrogen) atoms. The van der Waals surface area contributed by atoms with Gasteiger partial charge in [-0.15, -0.1) is 0 Å². The number of nitrogens with one attached hydrogen (secondary N) is 1. The van der Waals surface area contributed by atoms with Crippen molar-refractivity contribution in [2.75, 3.05) is 0 Å². The van der Waals surface area contributed by atoms with Gasteiger partial charge in [0.15, 0.2) is 0 Å². The van der Waals surface area contributed by atoms with Crippen LogP contribution in [0.3, 0.4) is 0 Å². The number of rotatable bonds is 6. The third-order valence-electron chi connectivity index (χ3n) is 3.70. The Hall–Kier alpha value is -1.59. The molecule has 3 N–H and O–H groups in total. The Bertz CT molecular complexity index is 346. The van der Waals surface area contributed by atoms with Crippen molar-refractivity contribution in [1.29, 1.82) is 0 Å². The number of aliphatic carboxylic acids is 2. The average molecular weight is 257 g/mol. The quantitative estimate of drug-likeness (QED) is 0.658. The lowest BCUT2D eigenvalue weighted by atomic mass is 9.82. The van der Waals surface area contributed by atoms with Crippen molar-refractivity contribution in [3.8, 4) is 0 Å². The molecular weight excluding hydrogens is 238 g/mol. The summed E-state index contributed by atoms with van der Waals surface area (Å²) in [6, 6.07) is -1.35. The van der Waals surface area contributed by atoms with Crippen LogP contribution in [0.2, 0.25) is 0 Å². The zero-order valence-electron chi connectivity index (χ0n) is 10.4. The van der Waals surface area contributed by atoms with Gasteiger partial charge in [-0.3, -0.25) is 9.59 Å². The zero-order chi connectivity index (χ0) is 13.8. The molecule has 0 aliphatic heterocycles. The third kappa shape index (κ3) is 3.21. The molecule has 102 valence electrons. The van der Waals surface area contributed by atoms with Crippen LogP contribution in [0.5, 0.6) is 0 Å². The molecular formula is C12H19NO5. The molecule has 0 spiro atoms. The summed E-state index contributed by atoms with van der Waals surface area (Å²) in [4.78, 5) is 33.6. The average Bonchev–Trinajstić information content (AvgIpc) is 2.77. The summed E-state index contributed by atoms with van der Waals surface area (Å²) >= 11 is 0. The van der Waals surface area contributed by atoms with Crippen molar-refractivity contribution < 1.29 is 24.6 Å². The lowest BCUT2D eigenvalue weighted by Gasteiger charge is -2.27. The fraction of sp³-hybridized carbons (Fsp3) is 0.750. The Kier molecular flexibility index (Phi) is 4.69. The van der Waals surface area contributed by atoms with E-state index in [1.54, 1.807) is 0 Å². The highest BCUT2D eigenvalue weighted by molar-refractivity contribution is 5.89. The molecule has 0 aromatic rings. The predicted octanol–water partition coefficient (Wildman–Crippen LogP) is 1.00. The summed E-state index contributed by atoms with van der Waals surface area (Å²) in [6.07, 6.45) is 3.46. The number of carbonyl (C=O) groups is 3. The van der Waals surface area contributed by atoms with Crippen molar-refractivity contribution in [2.24, 2.45) is 5.41 Å². The number of carboxylic acids is 2. The van der Waals surface area contributed by atoms with Crippen molar-refractivity contribution in [3.63, 3.8) is 0 Å². The van der Waals surface area contributed by atoms with E-state index in [0.717, 1.165) is 25.7 Å². The molecule has 0 bridgehead atoms. The molecule has 0 saturated heterocycles. The van der Waals surface area contributed by atoms with Crippen molar-refractivity contribution in [2.45, 2.75) is 51.5 Å². The summed E-state index contributed by atoms with van der Waals surface area (Å²) in [6.45, 7) is 1.90. The Balaban J connectivity index is 2.71. The largest absolute Gasteiger partial charge is 0.481 e. The van der Waals surface area contributed by atoms with Gasteiger partial charge in [-0.05, 0) is 19.3 Å². The zero-order valence-corrected chi connectivity index (χ0v) is 10.4. The first-order chi connectivity index (χ1) is 8.41. The van der Waals surface area contributed by atoms with E-state index in [4.69, 9.17) is 10.2 Å². The maximum Gasteiger partial charge on any atom is 0.326 e. The van der Waals surface area contributed by atoms with Crippen molar-refractivity contribution in [3.05, 3.63) is 0 Å². The molecule has 1 aliphatic carbocycles. The summed E-state index contributed by atoms with van der Waals surface area (Å²) < 4.78 is 0. The highest BCUT2D eigenvalue weighted by Gasteiger charge is 2.40. The van der Waals surface area contributed by atoms with Gasteiger partial charge in [-0.2, -0.15) is 0 Å². The van der Waals surface area contributed by atoms with Crippen LogP contribution in [-0.4, -0.2) is 34.1 Å². The molecule has 1 saturated carbocycles. The van der Waals surface area contributed by atoms with Crippen LogP contribution in [0.1, 0.15) is 45.4 Å². The van der Waals surface area contributed by atoms with E-state index in [0.29, 0.717) is 6.42 Å². The van der Waals surface area contributed by atoms with Gasteiger partial charge in [-0.25, -0.2) is 4.79 Å². The Morgan fingerprint density at radius 3 is 2.17 bits per heavy atom. The first kappa shape index (κ1) is 14.5. The number of amides is 1. The van der Waals surface area contributed by atoms with Crippen LogP contribution < -0.4 is 5.32 Å². The van der Waals surface area contributed by atoms with Gasteiger partial charge >= 0.3 is 11.9 Å². The first-order valence-corrected chi connectivity index (χ1v) is 6.17. The molecule has 1 atom stereocenters. The highest BCUT2D eigenvalue weighted by Crippen LogP contribution is 2.41. The van der Waals surface area contributed by atoms with Gasteiger partial charge in [0, 0.05) is 5.41 Å². The summed E-state index contributed by atoms with van der Waals surface area (Å²) in [5.74, 6) is -2.87. The highest BCUT2D eigenvalue weighted by atomic mass is 16.4. The lowest BCUT2D eigenvalue weighted by molar-refractivity contribution is -0.148.